The molecule has 1 amide bonds. The monoisotopic (exact) mass is 439 g/mol. The molecule has 4 rings (SSSR count). The molecule has 3 heterocycles. The highest BCUT2D eigenvalue weighted by atomic mass is 16.6. The first-order valence-corrected chi connectivity index (χ1v) is 10.4. The summed E-state index contributed by atoms with van der Waals surface area (Å²) in [6, 6.07) is 6.70. The highest BCUT2D eigenvalue weighted by molar-refractivity contribution is 5.99. The maximum Gasteiger partial charge on any atom is 0.410 e. The second-order valence-electron chi connectivity index (χ2n) is 8.76. The Morgan fingerprint density at radius 3 is 2.59 bits per heavy atom. The summed E-state index contributed by atoms with van der Waals surface area (Å²) in [6.45, 7) is 8.33. The van der Waals surface area contributed by atoms with E-state index in [2.05, 4.69) is 4.98 Å². The summed E-state index contributed by atoms with van der Waals surface area (Å²) >= 11 is 0. The second kappa shape index (κ2) is 7.81. The summed E-state index contributed by atoms with van der Waals surface area (Å²) < 4.78 is 16.1. The lowest BCUT2D eigenvalue weighted by Crippen LogP contribution is -2.50. The predicted octanol–water partition coefficient (Wildman–Crippen LogP) is 3.43. The number of pyridine rings is 1. The van der Waals surface area contributed by atoms with E-state index in [9.17, 15) is 14.4 Å². The topological polar surface area (TPSA) is 125 Å². The molecule has 168 valence electrons. The minimum absolute atomic E-state index is 0.0224. The van der Waals surface area contributed by atoms with E-state index in [0.717, 1.165) is 5.56 Å². The number of aromatic nitrogens is 1. The van der Waals surface area contributed by atoms with E-state index in [1.807, 2.05) is 26.8 Å². The van der Waals surface area contributed by atoms with Crippen molar-refractivity contribution >= 4 is 39.9 Å². The number of hydrogen-bond donors (Lipinski definition) is 1. The SMILES string of the molecule is CCOC(=O)c1cc2c(=O)c3cc(C4CN(C(=O)OC(C)(C)C)C4)ccc3oc2nc1N. The van der Waals surface area contributed by atoms with Crippen LogP contribution in [0.15, 0.2) is 33.5 Å². The molecule has 0 aliphatic carbocycles. The average Bonchev–Trinajstić information content (AvgIpc) is 2.65. The quantitative estimate of drug-likeness (QED) is 0.486. The van der Waals surface area contributed by atoms with E-state index in [0.29, 0.717) is 24.1 Å². The van der Waals surface area contributed by atoms with Gasteiger partial charge in [-0.05, 0) is 51.5 Å². The molecule has 2 aromatic heterocycles. The van der Waals surface area contributed by atoms with Gasteiger partial charge in [0.15, 0.2) is 0 Å². The first-order chi connectivity index (χ1) is 15.1. The first-order valence-electron chi connectivity index (χ1n) is 10.4. The molecule has 0 radical (unpaired) electrons. The fraction of sp³-hybridized carbons (Fsp3) is 0.391. The van der Waals surface area contributed by atoms with Crippen LogP contribution < -0.4 is 11.2 Å². The number of carbonyl (C=O) groups is 2. The maximum absolute atomic E-state index is 13.2. The molecule has 1 aromatic carbocycles. The largest absolute Gasteiger partial charge is 0.462 e. The van der Waals surface area contributed by atoms with Crippen molar-refractivity contribution < 1.29 is 23.5 Å². The molecule has 1 saturated heterocycles. The van der Waals surface area contributed by atoms with Gasteiger partial charge in [-0.25, -0.2) is 9.59 Å². The zero-order chi connectivity index (χ0) is 23.2. The third-order valence-corrected chi connectivity index (χ3v) is 5.22. The van der Waals surface area contributed by atoms with Crippen molar-refractivity contribution in [3.8, 4) is 0 Å². The average molecular weight is 439 g/mol. The van der Waals surface area contributed by atoms with Crippen molar-refractivity contribution in [1.29, 1.82) is 0 Å². The molecule has 0 saturated carbocycles. The zero-order valence-corrected chi connectivity index (χ0v) is 18.4. The van der Waals surface area contributed by atoms with Crippen LogP contribution in [0.25, 0.3) is 22.1 Å². The number of fused-ring (bicyclic) bond motifs is 2. The zero-order valence-electron chi connectivity index (χ0n) is 18.4. The highest BCUT2D eigenvalue weighted by Gasteiger charge is 2.34. The van der Waals surface area contributed by atoms with Crippen LogP contribution in [-0.2, 0) is 9.47 Å². The third kappa shape index (κ3) is 3.98. The van der Waals surface area contributed by atoms with Crippen molar-refractivity contribution in [2.45, 2.75) is 39.2 Å². The van der Waals surface area contributed by atoms with Gasteiger partial charge in [0.05, 0.1) is 17.4 Å². The van der Waals surface area contributed by atoms with E-state index in [1.165, 1.54) is 6.07 Å². The molecular weight excluding hydrogens is 414 g/mol. The molecule has 2 N–H and O–H groups in total. The molecule has 0 atom stereocenters. The van der Waals surface area contributed by atoms with Gasteiger partial charge < -0.3 is 24.5 Å². The Morgan fingerprint density at radius 2 is 1.94 bits per heavy atom. The number of benzene rings is 1. The Balaban J connectivity index is 1.65. The Labute approximate surface area is 184 Å². The highest BCUT2D eigenvalue weighted by Crippen LogP contribution is 2.31. The van der Waals surface area contributed by atoms with Crippen LogP contribution in [0.3, 0.4) is 0 Å². The molecule has 0 unspecified atom stereocenters. The molecular formula is C23H25N3O6. The van der Waals surface area contributed by atoms with E-state index in [-0.39, 0.29) is 46.5 Å². The van der Waals surface area contributed by atoms with Gasteiger partial charge in [0, 0.05) is 19.0 Å². The minimum atomic E-state index is -0.649. The van der Waals surface area contributed by atoms with E-state index >= 15 is 0 Å². The van der Waals surface area contributed by atoms with Gasteiger partial charge in [0.2, 0.25) is 11.1 Å². The van der Waals surface area contributed by atoms with Gasteiger partial charge >= 0.3 is 12.1 Å². The van der Waals surface area contributed by atoms with Crippen molar-refractivity contribution in [3.05, 3.63) is 45.6 Å². The van der Waals surface area contributed by atoms with Crippen LogP contribution in [0.1, 0.15) is 49.5 Å². The van der Waals surface area contributed by atoms with Gasteiger partial charge in [-0.3, -0.25) is 4.79 Å². The van der Waals surface area contributed by atoms with Gasteiger partial charge in [-0.1, -0.05) is 6.07 Å². The number of carbonyl (C=O) groups excluding carboxylic acids is 2. The van der Waals surface area contributed by atoms with Crippen LogP contribution >= 0.6 is 0 Å². The molecule has 32 heavy (non-hydrogen) atoms. The Morgan fingerprint density at radius 1 is 1.22 bits per heavy atom. The molecule has 3 aromatic rings. The summed E-state index contributed by atoms with van der Waals surface area (Å²) in [7, 11) is 0. The van der Waals surface area contributed by atoms with Gasteiger partial charge in [0.25, 0.3) is 0 Å². The van der Waals surface area contributed by atoms with Crippen molar-refractivity contribution in [2.24, 2.45) is 0 Å². The van der Waals surface area contributed by atoms with E-state index in [1.54, 1.807) is 24.0 Å². The number of esters is 1. The van der Waals surface area contributed by atoms with Gasteiger partial charge in [-0.2, -0.15) is 4.98 Å². The molecule has 0 spiro atoms. The number of rotatable bonds is 3. The van der Waals surface area contributed by atoms with Gasteiger partial charge in [-0.15, -0.1) is 0 Å². The van der Waals surface area contributed by atoms with Crippen LogP contribution in [0, 0.1) is 0 Å². The summed E-state index contributed by atoms with van der Waals surface area (Å²) in [5, 5.41) is 0.517. The summed E-state index contributed by atoms with van der Waals surface area (Å²) in [4.78, 5) is 43.2. The van der Waals surface area contributed by atoms with Crippen molar-refractivity contribution in [3.63, 3.8) is 0 Å². The third-order valence-electron chi connectivity index (χ3n) is 5.22. The van der Waals surface area contributed by atoms with Crippen LogP contribution in [0.2, 0.25) is 0 Å². The number of likely N-dealkylation sites (tertiary alicyclic amines) is 1. The lowest BCUT2D eigenvalue weighted by Gasteiger charge is -2.40. The molecule has 1 aliphatic rings. The smallest absolute Gasteiger partial charge is 0.410 e. The second-order valence-corrected chi connectivity index (χ2v) is 8.76. The molecule has 1 aliphatic heterocycles. The lowest BCUT2D eigenvalue weighted by atomic mass is 9.91. The normalized spacial score (nSPS) is 14.4. The fourth-order valence-corrected chi connectivity index (χ4v) is 3.60. The van der Waals surface area contributed by atoms with E-state index < -0.39 is 11.6 Å². The first kappa shape index (κ1) is 21.6. The minimum Gasteiger partial charge on any atom is -0.462 e. The molecule has 9 nitrogen and oxygen atoms in total. The maximum atomic E-state index is 13.2. The Hall–Kier alpha value is -3.62. The number of nitrogens with zero attached hydrogens (tertiary/aromatic N) is 2. The van der Waals surface area contributed by atoms with Crippen LogP contribution in [0.5, 0.6) is 0 Å². The number of nitrogen functional groups attached to an aromatic ring is 1. The summed E-state index contributed by atoms with van der Waals surface area (Å²) in [5.41, 5.74) is 6.35. The Bertz CT molecular complexity index is 1280. The lowest BCUT2D eigenvalue weighted by molar-refractivity contribution is 0.00818. The Kier molecular flexibility index (Phi) is 5.28. The number of amides is 1. The van der Waals surface area contributed by atoms with Gasteiger partial charge in [0.1, 0.15) is 22.6 Å². The number of anilines is 1. The molecule has 9 heteroatoms. The fourth-order valence-electron chi connectivity index (χ4n) is 3.60. The van der Waals surface area contributed by atoms with Crippen molar-refractivity contribution in [2.75, 3.05) is 25.4 Å². The summed E-state index contributed by atoms with van der Waals surface area (Å²) in [5.74, 6) is -0.627. The predicted molar refractivity (Wildman–Crippen MR) is 119 cm³/mol. The van der Waals surface area contributed by atoms with Crippen LogP contribution in [-0.4, -0.2) is 47.2 Å². The molecule has 1 fully saturated rings. The van der Waals surface area contributed by atoms with Crippen LogP contribution in [0.4, 0.5) is 10.6 Å². The summed E-state index contributed by atoms with van der Waals surface area (Å²) in [6.07, 6.45) is -0.352. The number of hydrogen-bond acceptors (Lipinski definition) is 8. The molecule has 0 bridgehead atoms. The number of ether oxygens (including phenoxy) is 2. The number of nitrogens with two attached hydrogens (primary N) is 1. The van der Waals surface area contributed by atoms with E-state index in [4.69, 9.17) is 19.6 Å². The van der Waals surface area contributed by atoms with Crippen molar-refractivity contribution in [1.82, 2.24) is 9.88 Å². The standard InChI is InChI=1S/C23H25N3O6/c1-5-30-21(28)16-9-15-18(27)14-8-12(6-7-17(14)31-20(15)25-19(16)24)13-10-26(11-13)22(29)32-23(2,3)4/h6-9,13H,5,10-11H2,1-4H3,(H2,24,25).